The van der Waals surface area contributed by atoms with Gasteiger partial charge in [-0.25, -0.2) is 0 Å². The summed E-state index contributed by atoms with van der Waals surface area (Å²) in [6.45, 7) is 1.86. The average molecular weight is 286 g/mol. The molecule has 2 aromatic rings. The number of anilines is 1. The van der Waals surface area contributed by atoms with Crippen molar-refractivity contribution in [3.63, 3.8) is 0 Å². The van der Waals surface area contributed by atoms with E-state index in [0.717, 1.165) is 5.56 Å². The van der Waals surface area contributed by atoms with Gasteiger partial charge in [0.15, 0.2) is 0 Å². The van der Waals surface area contributed by atoms with E-state index < -0.39 is 4.92 Å². The van der Waals surface area contributed by atoms with Crippen LogP contribution in [0.3, 0.4) is 0 Å². The standard InChI is InChI=1S/C14H14N4O3/c1-9-7-12(15)14(21-2)8-13(9)17-16-10-3-5-11(6-4-10)18(19)20/h3-8H,15H2,1-2H3/b17-16+. The number of nitro benzene ring substituents is 1. The first kappa shape index (κ1) is 14.4. The van der Waals surface area contributed by atoms with Crippen molar-refractivity contribution in [2.45, 2.75) is 6.92 Å². The van der Waals surface area contributed by atoms with Gasteiger partial charge in [-0.05, 0) is 30.7 Å². The summed E-state index contributed by atoms with van der Waals surface area (Å²) in [5, 5.41) is 18.7. The van der Waals surface area contributed by atoms with E-state index >= 15 is 0 Å². The highest BCUT2D eigenvalue weighted by Crippen LogP contribution is 2.31. The Morgan fingerprint density at radius 3 is 2.43 bits per heavy atom. The van der Waals surface area contributed by atoms with Gasteiger partial charge < -0.3 is 10.5 Å². The molecule has 0 radical (unpaired) electrons. The lowest BCUT2D eigenvalue weighted by molar-refractivity contribution is -0.384. The minimum Gasteiger partial charge on any atom is -0.495 e. The number of hydrogen-bond acceptors (Lipinski definition) is 6. The van der Waals surface area contributed by atoms with Crippen LogP contribution in [0.4, 0.5) is 22.7 Å². The molecule has 21 heavy (non-hydrogen) atoms. The molecular weight excluding hydrogens is 272 g/mol. The molecule has 7 nitrogen and oxygen atoms in total. The lowest BCUT2D eigenvalue weighted by Crippen LogP contribution is -1.92. The van der Waals surface area contributed by atoms with Crippen molar-refractivity contribution < 1.29 is 9.66 Å². The number of nitrogens with zero attached hydrogens (tertiary/aromatic N) is 3. The fourth-order valence-electron chi connectivity index (χ4n) is 1.74. The summed E-state index contributed by atoms with van der Waals surface area (Å²) in [5.74, 6) is 0.526. The van der Waals surface area contributed by atoms with Gasteiger partial charge in [0, 0.05) is 18.2 Å². The zero-order chi connectivity index (χ0) is 15.4. The molecule has 0 saturated heterocycles. The molecule has 0 aliphatic heterocycles. The third-order valence-corrected chi connectivity index (χ3v) is 2.88. The summed E-state index contributed by atoms with van der Waals surface area (Å²) < 4.78 is 5.13. The van der Waals surface area contributed by atoms with E-state index in [1.165, 1.54) is 31.4 Å². The highest BCUT2D eigenvalue weighted by Gasteiger charge is 2.06. The number of rotatable bonds is 4. The zero-order valence-corrected chi connectivity index (χ0v) is 11.6. The molecule has 0 amide bonds. The third-order valence-electron chi connectivity index (χ3n) is 2.88. The first-order valence-corrected chi connectivity index (χ1v) is 6.11. The summed E-state index contributed by atoms with van der Waals surface area (Å²) in [7, 11) is 1.53. The molecule has 2 N–H and O–H groups in total. The molecule has 0 aliphatic carbocycles. The average Bonchev–Trinajstić information content (AvgIpc) is 2.47. The van der Waals surface area contributed by atoms with E-state index in [4.69, 9.17) is 10.5 Å². The van der Waals surface area contributed by atoms with Crippen LogP contribution in [0.5, 0.6) is 5.75 Å². The molecule has 0 unspecified atom stereocenters. The van der Waals surface area contributed by atoms with E-state index in [1.54, 1.807) is 12.1 Å². The Bertz CT molecular complexity index is 696. The molecule has 0 heterocycles. The molecule has 0 spiro atoms. The first-order chi connectivity index (χ1) is 10.0. The summed E-state index contributed by atoms with van der Waals surface area (Å²) in [5.41, 5.74) is 8.35. The van der Waals surface area contributed by atoms with Crippen molar-refractivity contribution in [2.75, 3.05) is 12.8 Å². The summed E-state index contributed by atoms with van der Waals surface area (Å²) in [6.07, 6.45) is 0. The quantitative estimate of drug-likeness (QED) is 0.398. The molecule has 0 saturated carbocycles. The lowest BCUT2D eigenvalue weighted by atomic mass is 10.1. The van der Waals surface area contributed by atoms with Gasteiger partial charge in [-0.3, -0.25) is 10.1 Å². The van der Waals surface area contributed by atoms with Gasteiger partial charge in [0.05, 0.1) is 29.1 Å². The normalized spacial score (nSPS) is 10.8. The Hall–Kier alpha value is -2.96. The van der Waals surface area contributed by atoms with Crippen LogP contribution in [0.1, 0.15) is 5.56 Å². The number of hydrogen-bond donors (Lipinski definition) is 1. The van der Waals surface area contributed by atoms with Crippen molar-refractivity contribution in [3.05, 3.63) is 52.1 Å². The molecule has 2 aromatic carbocycles. The van der Waals surface area contributed by atoms with Crippen LogP contribution in [-0.4, -0.2) is 12.0 Å². The second-order valence-electron chi connectivity index (χ2n) is 4.35. The van der Waals surface area contributed by atoms with Gasteiger partial charge in [0.25, 0.3) is 5.69 Å². The molecule has 0 fully saturated rings. The molecule has 0 aromatic heterocycles. The Balaban J connectivity index is 2.26. The van der Waals surface area contributed by atoms with Gasteiger partial charge in [-0.1, -0.05) is 0 Å². The maximum Gasteiger partial charge on any atom is 0.269 e. The van der Waals surface area contributed by atoms with Crippen LogP contribution in [0.25, 0.3) is 0 Å². The number of ether oxygens (including phenoxy) is 1. The number of azo groups is 1. The number of methoxy groups -OCH3 is 1. The monoisotopic (exact) mass is 286 g/mol. The fourth-order valence-corrected chi connectivity index (χ4v) is 1.74. The minimum absolute atomic E-state index is 0.0132. The molecule has 0 atom stereocenters. The highest BCUT2D eigenvalue weighted by molar-refractivity contribution is 5.63. The number of nitrogens with two attached hydrogens (primary N) is 1. The topological polar surface area (TPSA) is 103 Å². The minimum atomic E-state index is -0.462. The van der Waals surface area contributed by atoms with E-state index in [2.05, 4.69) is 10.2 Å². The predicted molar refractivity (Wildman–Crippen MR) is 79.4 cm³/mol. The van der Waals surface area contributed by atoms with Crippen molar-refractivity contribution in [1.82, 2.24) is 0 Å². The maximum atomic E-state index is 10.6. The van der Waals surface area contributed by atoms with Crippen LogP contribution in [0.2, 0.25) is 0 Å². The van der Waals surface area contributed by atoms with Gasteiger partial charge in [0.2, 0.25) is 0 Å². The Labute approximate surface area is 121 Å². The molecule has 108 valence electrons. The van der Waals surface area contributed by atoms with Crippen molar-refractivity contribution in [2.24, 2.45) is 10.2 Å². The summed E-state index contributed by atoms with van der Waals surface area (Å²) in [6, 6.07) is 9.27. The fraction of sp³-hybridized carbons (Fsp3) is 0.143. The van der Waals surface area contributed by atoms with Crippen LogP contribution in [0.15, 0.2) is 46.6 Å². The van der Waals surface area contributed by atoms with Gasteiger partial charge in [-0.15, -0.1) is 0 Å². The highest BCUT2D eigenvalue weighted by atomic mass is 16.6. The number of nitrogen functional groups attached to an aromatic ring is 1. The Morgan fingerprint density at radius 2 is 1.86 bits per heavy atom. The lowest BCUT2D eigenvalue weighted by Gasteiger charge is -2.07. The molecule has 0 bridgehead atoms. The molecule has 2 rings (SSSR count). The SMILES string of the molecule is COc1cc(/N=N/c2ccc([N+](=O)[O-])cc2)c(C)cc1N. The second kappa shape index (κ2) is 6.00. The first-order valence-electron chi connectivity index (χ1n) is 6.11. The maximum absolute atomic E-state index is 10.6. The van der Waals surface area contributed by atoms with Gasteiger partial charge in [-0.2, -0.15) is 10.2 Å². The number of aryl methyl sites for hydroxylation is 1. The van der Waals surface area contributed by atoms with Crippen molar-refractivity contribution in [3.8, 4) is 5.75 Å². The van der Waals surface area contributed by atoms with E-state index in [1.807, 2.05) is 6.92 Å². The van der Waals surface area contributed by atoms with Crippen molar-refractivity contribution in [1.29, 1.82) is 0 Å². The molecule has 0 aliphatic rings. The van der Waals surface area contributed by atoms with E-state index in [9.17, 15) is 10.1 Å². The van der Waals surface area contributed by atoms with Gasteiger partial charge >= 0.3 is 0 Å². The van der Waals surface area contributed by atoms with E-state index in [-0.39, 0.29) is 5.69 Å². The number of benzene rings is 2. The Morgan fingerprint density at radius 1 is 1.19 bits per heavy atom. The smallest absolute Gasteiger partial charge is 0.269 e. The third kappa shape index (κ3) is 3.33. The predicted octanol–water partition coefficient (Wildman–Crippen LogP) is 3.91. The number of non-ortho nitro benzene ring substituents is 1. The Kier molecular flexibility index (Phi) is 4.13. The van der Waals surface area contributed by atoms with Crippen LogP contribution < -0.4 is 10.5 Å². The zero-order valence-electron chi connectivity index (χ0n) is 11.6. The summed E-state index contributed by atoms with van der Waals surface area (Å²) in [4.78, 5) is 10.1. The van der Waals surface area contributed by atoms with Crippen molar-refractivity contribution >= 4 is 22.7 Å². The molecule has 7 heteroatoms. The summed E-state index contributed by atoms with van der Waals surface area (Å²) >= 11 is 0. The van der Waals surface area contributed by atoms with Crippen LogP contribution >= 0.6 is 0 Å². The van der Waals surface area contributed by atoms with Crippen LogP contribution in [-0.2, 0) is 0 Å². The second-order valence-corrected chi connectivity index (χ2v) is 4.35. The van der Waals surface area contributed by atoms with Crippen LogP contribution in [0, 0.1) is 17.0 Å². The van der Waals surface area contributed by atoms with Gasteiger partial charge in [0.1, 0.15) is 5.75 Å². The number of nitro groups is 1. The largest absolute Gasteiger partial charge is 0.495 e. The van der Waals surface area contributed by atoms with E-state index in [0.29, 0.717) is 22.8 Å². The molecular formula is C14H14N4O3.